The van der Waals surface area contributed by atoms with E-state index in [9.17, 15) is 0 Å². The molecule has 1 rings (SSSR count). The summed E-state index contributed by atoms with van der Waals surface area (Å²) in [5.74, 6) is 0. The fourth-order valence-corrected chi connectivity index (χ4v) is 0.830. The first-order chi connectivity index (χ1) is 3.39. The zero-order valence-corrected chi connectivity index (χ0v) is 7.98. The van der Waals surface area contributed by atoms with Gasteiger partial charge < -0.3 is 0 Å². The fourth-order valence-electron chi connectivity index (χ4n) is 0.415. The maximum Gasteiger partial charge on any atom is 0.0130 e. The summed E-state index contributed by atoms with van der Waals surface area (Å²) in [7, 11) is 0. The molecule has 0 heterocycles. The summed E-state index contributed by atoms with van der Waals surface area (Å²) in [6.45, 7) is 0. The van der Waals surface area contributed by atoms with Gasteiger partial charge in [0.1, 0.15) is 0 Å². The Morgan fingerprint density at radius 1 is 1.00 bits per heavy atom. The average molecular weight is 252 g/mol. The molecule has 0 bridgehead atoms. The number of hydrogen-bond donors (Lipinski definition) is 0. The first kappa shape index (κ1) is 8.66. The van der Waals surface area contributed by atoms with Gasteiger partial charge in [0.2, 0.25) is 0 Å². The summed E-state index contributed by atoms with van der Waals surface area (Å²) < 4.78 is 1.29. The zero-order chi connectivity index (χ0) is 5.11. The molecule has 40 valence electrons. The van der Waals surface area contributed by atoms with Crippen LogP contribution in [-0.2, 0) is 21.7 Å². The van der Waals surface area contributed by atoms with Crippen molar-refractivity contribution in [2.24, 2.45) is 0 Å². The Morgan fingerprint density at radius 2 is 1.50 bits per heavy atom. The smallest absolute Gasteiger partial charge is 0.0130 e. The van der Waals surface area contributed by atoms with Crippen LogP contribution in [0.2, 0.25) is 0 Å². The summed E-state index contributed by atoms with van der Waals surface area (Å²) >= 11 is 2.28. The normalized spacial score (nSPS) is 7.62. The van der Waals surface area contributed by atoms with Gasteiger partial charge in [0.05, 0.1) is 0 Å². The van der Waals surface area contributed by atoms with Crippen molar-refractivity contribution in [3.63, 3.8) is 0 Å². The summed E-state index contributed by atoms with van der Waals surface area (Å²) in [5.41, 5.74) is 0. The van der Waals surface area contributed by atoms with Crippen LogP contribution in [0.1, 0.15) is 0 Å². The van der Waals surface area contributed by atoms with Crippen molar-refractivity contribution < 1.29 is 21.7 Å². The Hall–Kier alpha value is 0.664. The number of benzene rings is 1. The molecule has 0 aliphatic rings. The Kier molecular flexibility index (Phi) is 4.91. The molecule has 1 aromatic carbocycles. The van der Waals surface area contributed by atoms with E-state index in [-0.39, 0.29) is 21.7 Å². The van der Waals surface area contributed by atoms with Gasteiger partial charge in [-0.15, -0.1) is 0 Å². The van der Waals surface area contributed by atoms with E-state index < -0.39 is 0 Å². The van der Waals surface area contributed by atoms with Gasteiger partial charge in [-0.1, -0.05) is 18.2 Å². The van der Waals surface area contributed by atoms with Crippen LogP contribution in [0.15, 0.2) is 30.3 Å². The summed E-state index contributed by atoms with van der Waals surface area (Å²) in [5, 5.41) is 0. The predicted molar refractivity (Wildman–Crippen MR) is 39.2 cm³/mol. The summed E-state index contributed by atoms with van der Waals surface area (Å²) in [6, 6.07) is 10.2. The number of halogens is 1. The molecular formula is C6H5ITi. The molecule has 0 aromatic heterocycles. The molecule has 0 radical (unpaired) electrons. The second-order valence-electron chi connectivity index (χ2n) is 1.30. The summed E-state index contributed by atoms with van der Waals surface area (Å²) in [6.07, 6.45) is 0. The standard InChI is InChI=1S/C6H5I.Ti/c7-6-4-2-1-3-5-6;/h1-5H;. The first-order valence-corrected chi connectivity index (χ1v) is 3.18. The van der Waals surface area contributed by atoms with Crippen molar-refractivity contribution >= 4 is 22.6 Å². The molecule has 2 heteroatoms. The molecule has 0 atom stereocenters. The Morgan fingerprint density at radius 3 is 1.75 bits per heavy atom. The molecule has 0 N–H and O–H groups in total. The number of rotatable bonds is 0. The van der Waals surface area contributed by atoms with Crippen LogP contribution in [0.25, 0.3) is 0 Å². The third kappa shape index (κ3) is 2.85. The third-order valence-electron chi connectivity index (χ3n) is 0.733. The van der Waals surface area contributed by atoms with Crippen molar-refractivity contribution in [3.8, 4) is 0 Å². The van der Waals surface area contributed by atoms with E-state index in [2.05, 4.69) is 34.7 Å². The maximum atomic E-state index is 2.28. The molecular weight excluding hydrogens is 247 g/mol. The first-order valence-electron chi connectivity index (χ1n) is 2.10. The third-order valence-corrected chi connectivity index (χ3v) is 1.45. The van der Waals surface area contributed by atoms with Gasteiger partial charge in [-0.2, -0.15) is 0 Å². The van der Waals surface area contributed by atoms with Crippen LogP contribution in [0.5, 0.6) is 0 Å². The second kappa shape index (κ2) is 4.53. The van der Waals surface area contributed by atoms with Gasteiger partial charge in [-0.05, 0) is 34.7 Å². The van der Waals surface area contributed by atoms with E-state index >= 15 is 0 Å². The molecule has 0 fully saturated rings. The molecule has 0 saturated carbocycles. The molecule has 8 heavy (non-hydrogen) atoms. The van der Waals surface area contributed by atoms with Crippen LogP contribution in [0.3, 0.4) is 0 Å². The van der Waals surface area contributed by atoms with Crippen LogP contribution >= 0.6 is 22.6 Å². The topological polar surface area (TPSA) is 0 Å². The van der Waals surface area contributed by atoms with Crippen molar-refractivity contribution in [2.45, 2.75) is 0 Å². The average Bonchev–Trinajstić information content (AvgIpc) is 1.69. The van der Waals surface area contributed by atoms with Crippen LogP contribution in [0, 0.1) is 3.57 Å². The van der Waals surface area contributed by atoms with E-state index in [1.54, 1.807) is 0 Å². The van der Waals surface area contributed by atoms with E-state index in [0.717, 1.165) is 0 Å². The quantitative estimate of drug-likeness (QED) is 0.490. The van der Waals surface area contributed by atoms with Gasteiger partial charge in [-0.25, -0.2) is 0 Å². The van der Waals surface area contributed by atoms with E-state index in [1.807, 2.05) is 18.2 Å². The molecule has 1 aromatic rings. The molecule has 0 aliphatic carbocycles. The van der Waals surface area contributed by atoms with Crippen molar-refractivity contribution in [1.29, 1.82) is 0 Å². The van der Waals surface area contributed by atoms with Gasteiger partial charge in [-0.3, -0.25) is 0 Å². The fraction of sp³-hybridized carbons (Fsp3) is 0. The zero-order valence-electron chi connectivity index (χ0n) is 4.26. The molecule has 0 aliphatic heterocycles. The predicted octanol–water partition coefficient (Wildman–Crippen LogP) is 2.29. The van der Waals surface area contributed by atoms with E-state index in [1.165, 1.54) is 3.57 Å². The van der Waals surface area contributed by atoms with Crippen molar-refractivity contribution in [1.82, 2.24) is 0 Å². The molecule has 0 saturated heterocycles. The second-order valence-corrected chi connectivity index (χ2v) is 2.54. The SMILES string of the molecule is Ic1ccccc1.[Ti]. The Labute approximate surface area is 77.7 Å². The van der Waals surface area contributed by atoms with Gasteiger partial charge in [0, 0.05) is 25.3 Å². The van der Waals surface area contributed by atoms with Gasteiger partial charge >= 0.3 is 0 Å². The summed E-state index contributed by atoms with van der Waals surface area (Å²) in [4.78, 5) is 0. The van der Waals surface area contributed by atoms with Crippen molar-refractivity contribution in [2.75, 3.05) is 0 Å². The van der Waals surface area contributed by atoms with Crippen LogP contribution < -0.4 is 0 Å². The minimum atomic E-state index is 0. The Balaban J connectivity index is 0.000000490. The molecule has 0 unspecified atom stereocenters. The van der Waals surface area contributed by atoms with E-state index in [0.29, 0.717) is 0 Å². The largest absolute Gasteiger partial charge is 0.0622 e. The monoisotopic (exact) mass is 252 g/mol. The van der Waals surface area contributed by atoms with Crippen LogP contribution in [0.4, 0.5) is 0 Å². The van der Waals surface area contributed by atoms with Crippen LogP contribution in [-0.4, -0.2) is 0 Å². The Bertz CT molecular complexity index is 138. The van der Waals surface area contributed by atoms with Gasteiger partial charge in [0.25, 0.3) is 0 Å². The minimum absolute atomic E-state index is 0. The number of hydrogen-bond acceptors (Lipinski definition) is 0. The molecule has 0 spiro atoms. The van der Waals surface area contributed by atoms with Crippen molar-refractivity contribution in [3.05, 3.63) is 33.9 Å². The molecule has 0 nitrogen and oxygen atoms in total. The van der Waals surface area contributed by atoms with E-state index in [4.69, 9.17) is 0 Å². The van der Waals surface area contributed by atoms with Gasteiger partial charge in [0.15, 0.2) is 0 Å². The minimum Gasteiger partial charge on any atom is -0.0622 e. The maximum absolute atomic E-state index is 2.28. The molecule has 0 amide bonds.